The van der Waals surface area contributed by atoms with E-state index in [1.165, 1.54) is 35.5 Å². The Morgan fingerprint density at radius 1 is 0.610 bits per heavy atom. The number of nitrogens with zero attached hydrogens (tertiary/aromatic N) is 6. The third kappa shape index (κ3) is 8.29. The summed E-state index contributed by atoms with van der Waals surface area (Å²) in [5.74, 6) is 0.590. The lowest BCUT2D eigenvalue weighted by molar-refractivity contribution is 0.761. The average Bonchev–Trinajstić information content (AvgIpc) is 4.07. The van der Waals surface area contributed by atoms with Crippen molar-refractivity contribution in [1.29, 1.82) is 0 Å². The Kier molecular flexibility index (Phi) is 10.6. The zero-order valence-corrected chi connectivity index (χ0v) is 33.6. The molecule has 9 N–H and O–H groups in total. The van der Waals surface area contributed by atoms with E-state index in [0.29, 0.717) is 31.3 Å². The third-order valence-corrected chi connectivity index (χ3v) is 12.3. The molecule has 4 aromatic carbocycles. The van der Waals surface area contributed by atoms with Gasteiger partial charge in [-0.2, -0.15) is 10.2 Å². The van der Waals surface area contributed by atoms with E-state index in [1.54, 1.807) is 35.1 Å². The molecule has 0 unspecified atom stereocenters. The first-order chi connectivity index (χ1) is 28.9. The molecule has 6 aromatic heterocycles. The number of aromatic nitrogens is 8. The van der Waals surface area contributed by atoms with Crippen LogP contribution in [0.5, 0.6) is 0 Å². The number of rotatable bonds is 11. The van der Waals surface area contributed by atoms with Crippen LogP contribution in [0.25, 0.3) is 62.9 Å². The number of nitrogen functional groups attached to an aromatic ring is 2. The number of anilines is 2. The van der Waals surface area contributed by atoms with Gasteiger partial charge < -0.3 is 22.5 Å². The highest BCUT2D eigenvalue weighted by atomic mass is 32.1. The Morgan fingerprint density at radius 3 is 1.63 bits per heavy atom. The zero-order chi connectivity index (χ0) is 40.3. The predicted octanol–water partition coefficient (Wildman–Crippen LogP) is 8.55. The minimum absolute atomic E-state index is 0.294. The van der Waals surface area contributed by atoms with Crippen molar-refractivity contribution in [3.63, 3.8) is 0 Å². The van der Waals surface area contributed by atoms with Gasteiger partial charge >= 0.3 is 0 Å². The summed E-state index contributed by atoms with van der Waals surface area (Å²) in [5, 5.41) is 22.8. The van der Waals surface area contributed by atoms with Crippen molar-refractivity contribution in [2.45, 2.75) is 25.9 Å². The van der Waals surface area contributed by atoms with E-state index < -0.39 is 0 Å². The summed E-state index contributed by atoms with van der Waals surface area (Å²) in [6, 6.07) is 30.0. The molecule has 10 aromatic rings. The fourth-order valence-electron chi connectivity index (χ4n) is 7.28. The predicted molar refractivity (Wildman–Crippen MR) is 242 cm³/mol. The van der Waals surface area contributed by atoms with E-state index in [-0.39, 0.29) is 0 Å². The van der Waals surface area contributed by atoms with Crippen LogP contribution >= 0.6 is 22.7 Å². The summed E-state index contributed by atoms with van der Waals surface area (Å²) in [7, 11) is 0. The molecule has 10 rings (SSSR count). The number of H-pyrrole nitrogens is 2. The summed E-state index contributed by atoms with van der Waals surface area (Å²) >= 11 is 3.56. The van der Waals surface area contributed by atoms with Crippen LogP contribution in [0.2, 0.25) is 0 Å². The fourth-order valence-corrected chi connectivity index (χ4v) is 9.41. The van der Waals surface area contributed by atoms with Crippen LogP contribution in [-0.2, 0) is 25.9 Å². The Bertz CT molecular complexity index is 3100. The van der Waals surface area contributed by atoms with Crippen LogP contribution < -0.4 is 22.5 Å². The molecule has 0 fully saturated rings. The number of hydrogen-bond donors (Lipinski definition) is 6. The molecular formula is C45H40N12S2. The second kappa shape index (κ2) is 16.6. The van der Waals surface area contributed by atoms with E-state index in [0.717, 1.165) is 74.1 Å². The molecule has 6 heterocycles. The highest BCUT2D eigenvalue weighted by Gasteiger charge is 2.15. The van der Waals surface area contributed by atoms with Crippen molar-refractivity contribution in [1.82, 2.24) is 45.6 Å². The van der Waals surface area contributed by atoms with Crippen LogP contribution in [0, 0.1) is 0 Å². The van der Waals surface area contributed by atoms with Crippen molar-refractivity contribution in [3.8, 4) is 20.9 Å². The molecule has 0 aliphatic carbocycles. The summed E-state index contributed by atoms with van der Waals surface area (Å²) in [5.41, 5.74) is 28.2. The maximum Gasteiger partial charge on any atom is 0.220 e. The van der Waals surface area contributed by atoms with E-state index in [2.05, 4.69) is 125 Å². The molecule has 0 saturated carbocycles. The van der Waals surface area contributed by atoms with Gasteiger partial charge in [-0.15, -0.1) is 29.3 Å². The number of fused-ring (bicyclic) bond motifs is 4. The standard InChI is InChI=1S/C24H22N6S.C21H18N6S/c1-2-6-26-13-15-3-4-21-17(8-15)12-22(31-21)20-11-16(9-18-14-28-30-23(18)20)10-19-5-7-27-24(25)29-19;22-10-12-1-2-18-14(5-12)9-19(28-18)17-8-13(6-15-11-25-27-20(15)17)7-16-3-4-24-21(23)26-16/h2-5,7-9,11-12,14,26H,1,6,10,13H2,(H,28,30)(H2,25,27,29);1-6,8-9,11H,7,10,22H2,(H,25,27)(H2,23,24,26). The lowest BCUT2D eigenvalue weighted by Crippen LogP contribution is -2.12. The molecule has 0 bridgehead atoms. The van der Waals surface area contributed by atoms with Gasteiger partial charge in [-0.1, -0.05) is 18.2 Å². The van der Waals surface area contributed by atoms with Crippen LogP contribution in [-0.4, -0.2) is 46.9 Å². The summed E-state index contributed by atoms with van der Waals surface area (Å²) in [6.45, 7) is 5.93. The molecule has 12 nitrogen and oxygen atoms in total. The van der Waals surface area contributed by atoms with Crippen molar-refractivity contribution in [2.24, 2.45) is 5.73 Å². The van der Waals surface area contributed by atoms with Crippen LogP contribution in [0.1, 0.15) is 33.6 Å². The summed E-state index contributed by atoms with van der Waals surface area (Å²) < 4.78 is 2.51. The normalized spacial score (nSPS) is 11.4. The molecule has 0 atom stereocenters. The van der Waals surface area contributed by atoms with Gasteiger partial charge in [-0.05, 0) is 106 Å². The average molecular weight is 813 g/mol. The summed E-state index contributed by atoms with van der Waals surface area (Å²) in [4.78, 5) is 19.0. The molecular weight excluding hydrogens is 773 g/mol. The first-order valence-corrected chi connectivity index (χ1v) is 20.7. The quantitative estimate of drug-likeness (QED) is 0.0543. The number of thiophene rings is 2. The van der Waals surface area contributed by atoms with E-state index in [4.69, 9.17) is 17.2 Å². The molecule has 292 valence electrons. The highest BCUT2D eigenvalue weighted by molar-refractivity contribution is 7.22. The van der Waals surface area contributed by atoms with Gasteiger partial charge in [0.25, 0.3) is 0 Å². The molecule has 59 heavy (non-hydrogen) atoms. The summed E-state index contributed by atoms with van der Waals surface area (Å²) in [6.07, 6.45) is 10.4. The second-order valence-corrected chi connectivity index (χ2v) is 16.4. The molecule has 0 radical (unpaired) electrons. The van der Waals surface area contributed by atoms with Gasteiger partial charge in [0.1, 0.15) is 0 Å². The largest absolute Gasteiger partial charge is 0.368 e. The minimum atomic E-state index is 0.294. The van der Waals surface area contributed by atoms with Crippen molar-refractivity contribution < 1.29 is 0 Å². The van der Waals surface area contributed by atoms with E-state index in [1.807, 2.05) is 30.6 Å². The number of benzene rings is 4. The number of hydrogen-bond acceptors (Lipinski definition) is 12. The molecule has 0 amide bonds. The van der Waals surface area contributed by atoms with Gasteiger partial charge in [0, 0.05) is 85.9 Å². The number of aromatic amines is 2. The first-order valence-electron chi connectivity index (χ1n) is 19.0. The van der Waals surface area contributed by atoms with Gasteiger partial charge in [-0.3, -0.25) is 10.2 Å². The van der Waals surface area contributed by atoms with E-state index in [9.17, 15) is 0 Å². The van der Waals surface area contributed by atoms with E-state index >= 15 is 0 Å². The molecule has 0 aliphatic rings. The molecule has 0 aliphatic heterocycles. The maximum atomic E-state index is 5.79. The maximum absolute atomic E-state index is 5.79. The fraction of sp³-hybridized carbons (Fsp3) is 0.111. The first kappa shape index (κ1) is 37.7. The van der Waals surface area contributed by atoms with Crippen LogP contribution in [0.15, 0.2) is 122 Å². The van der Waals surface area contributed by atoms with Crippen molar-refractivity contribution in [3.05, 3.63) is 156 Å². The number of nitrogens with one attached hydrogen (secondary N) is 3. The Hall–Kier alpha value is -6.84. The van der Waals surface area contributed by atoms with Crippen molar-refractivity contribution in [2.75, 3.05) is 18.0 Å². The topological polar surface area (TPSA) is 199 Å². The Balaban J connectivity index is 0.000000153. The van der Waals surface area contributed by atoms with Crippen LogP contribution in [0.3, 0.4) is 0 Å². The third-order valence-electron chi connectivity index (χ3n) is 10.00. The second-order valence-electron chi connectivity index (χ2n) is 14.2. The number of nitrogens with two attached hydrogens (primary N) is 3. The Morgan fingerprint density at radius 2 is 1.12 bits per heavy atom. The van der Waals surface area contributed by atoms with Crippen LogP contribution in [0.4, 0.5) is 11.9 Å². The molecule has 0 saturated heterocycles. The van der Waals surface area contributed by atoms with Gasteiger partial charge in [0.15, 0.2) is 0 Å². The monoisotopic (exact) mass is 812 g/mol. The van der Waals surface area contributed by atoms with Gasteiger partial charge in [0.2, 0.25) is 11.9 Å². The zero-order valence-electron chi connectivity index (χ0n) is 31.9. The molecule has 14 heteroatoms. The smallest absolute Gasteiger partial charge is 0.220 e. The Labute approximate surface area is 347 Å². The lowest BCUT2D eigenvalue weighted by atomic mass is 10.0. The van der Waals surface area contributed by atoms with Gasteiger partial charge in [-0.25, -0.2) is 19.9 Å². The minimum Gasteiger partial charge on any atom is -0.368 e. The molecule has 0 spiro atoms. The van der Waals surface area contributed by atoms with Gasteiger partial charge in [0.05, 0.1) is 34.8 Å². The van der Waals surface area contributed by atoms with Crippen molar-refractivity contribution >= 4 is 76.5 Å². The SMILES string of the molecule is C=CCNCc1ccc2sc(-c3cc(Cc4ccnc(N)n4)cc4cn[nH]c34)cc2c1.NCc1ccc2sc(-c3cc(Cc4ccnc(N)n4)cc4cn[nH]c34)cc2c1. The highest BCUT2D eigenvalue weighted by Crippen LogP contribution is 2.39. The lowest BCUT2D eigenvalue weighted by Gasteiger charge is -2.06.